The van der Waals surface area contributed by atoms with Crippen LogP contribution in [0.1, 0.15) is 34.1 Å². The Morgan fingerprint density at radius 2 is 1.58 bits per heavy atom. The number of ether oxygens (including phenoxy) is 1. The van der Waals surface area contributed by atoms with E-state index in [4.69, 9.17) is 4.74 Å². The van der Waals surface area contributed by atoms with Crippen LogP contribution < -0.4 is 0 Å². The van der Waals surface area contributed by atoms with Gasteiger partial charge in [0.25, 0.3) is 0 Å². The van der Waals surface area contributed by atoms with Crippen molar-refractivity contribution in [3.05, 3.63) is 0 Å². The zero-order chi connectivity index (χ0) is 9.82. The average Bonchev–Trinajstić information content (AvgIpc) is 2.16. The summed E-state index contributed by atoms with van der Waals surface area (Å²) in [4.78, 5) is 2.40. The normalized spacial score (nSPS) is 9.50. The minimum absolute atomic E-state index is 0.885. The van der Waals surface area contributed by atoms with E-state index in [1.54, 1.807) is 7.11 Å². The molecule has 0 fully saturated rings. The molecule has 0 spiro atoms. The zero-order valence-corrected chi connectivity index (χ0v) is 9.39. The molecule has 0 rings (SSSR count). The van der Waals surface area contributed by atoms with Gasteiger partial charge in [-0.25, -0.2) is 0 Å². The van der Waals surface area contributed by atoms with E-state index in [1.165, 1.54) is 6.54 Å². The van der Waals surface area contributed by atoms with Gasteiger partial charge < -0.3 is 9.64 Å². The predicted octanol–water partition coefficient (Wildman–Crippen LogP) is 2.39. The number of methoxy groups -OCH3 is 1. The van der Waals surface area contributed by atoms with E-state index < -0.39 is 0 Å². The van der Waals surface area contributed by atoms with Gasteiger partial charge in [0.15, 0.2) is 0 Å². The third-order valence-electron chi connectivity index (χ3n) is 1.72. The molecule has 2 nitrogen and oxygen atoms in total. The number of hydrogen-bond donors (Lipinski definition) is 0. The van der Waals surface area contributed by atoms with E-state index >= 15 is 0 Å². The van der Waals surface area contributed by atoms with Crippen LogP contribution in [0.15, 0.2) is 0 Å². The third-order valence-corrected chi connectivity index (χ3v) is 1.72. The van der Waals surface area contributed by atoms with Crippen LogP contribution in [0, 0.1) is 0 Å². The van der Waals surface area contributed by atoms with Crippen molar-refractivity contribution < 1.29 is 4.74 Å². The fourth-order valence-corrected chi connectivity index (χ4v) is 0.972. The monoisotopic (exact) mass is 175 g/mol. The molecule has 0 aliphatic carbocycles. The van der Waals surface area contributed by atoms with Gasteiger partial charge in [0, 0.05) is 20.3 Å². The van der Waals surface area contributed by atoms with Crippen molar-refractivity contribution in [3.63, 3.8) is 0 Å². The Morgan fingerprint density at radius 1 is 1.08 bits per heavy atom. The molecule has 0 N–H and O–H groups in total. The molecule has 0 aliphatic heterocycles. The Labute approximate surface area is 77.9 Å². The molecule has 0 heterocycles. The Hall–Kier alpha value is -0.0800. The summed E-state index contributed by atoms with van der Waals surface area (Å²) in [5.41, 5.74) is 0. The SMILES string of the molecule is CC.CCN(CC)CCCOC. The molecule has 12 heavy (non-hydrogen) atoms. The first kappa shape index (κ1) is 14.4. The molecule has 0 radical (unpaired) electrons. The highest BCUT2D eigenvalue weighted by Gasteiger charge is 1.96. The summed E-state index contributed by atoms with van der Waals surface area (Å²) < 4.78 is 4.95. The second-order valence-electron chi connectivity index (χ2n) is 2.37. The second-order valence-corrected chi connectivity index (χ2v) is 2.37. The van der Waals surface area contributed by atoms with E-state index in [0.717, 1.165) is 26.1 Å². The summed E-state index contributed by atoms with van der Waals surface area (Å²) in [6.07, 6.45) is 1.15. The van der Waals surface area contributed by atoms with Crippen LogP contribution in [0.4, 0.5) is 0 Å². The summed E-state index contributed by atoms with van der Waals surface area (Å²) in [5, 5.41) is 0. The van der Waals surface area contributed by atoms with Crippen LogP contribution in [0.25, 0.3) is 0 Å². The lowest BCUT2D eigenvalue weighted by atomic mass is 10.4. The molecular weight excluding hydrogens is 150 g/mol. The third kappa shape index (κ3) is 9.92. The summed E-state index contributed by atoms with van der Waals surface area (Å²) >= 11 is 0. The van der Waals surface area contributed by atoms with Crippen LogP contribution in [-0.4, -0.2) is 38.3 Å². The first-order valence-corrected chi connectivity index (χ1v) is 5.06. The highest BCUT2D eigenvalue weighted by molar-refractivity contribution is 4.50. The Bertz CT molecular complexity index is 62.9. The van der Waals surface area contributed by atoms with E-state index in [-0.39, 0.29) is 0 Å². The van der Waals surface area contributed by atoms with Gasteiger partial charge in [-0.3, -0.25) is 0 Å². The first-order chi connectivity index (χ1) is 5.85. The lowest BCUT2D eigenvalue weighted by Crippen LogP contribution is -2.24. The minimum atomic E-state index is 0.885. The maximum Gasteiger partial charge on any atom is 0.0474 e. The van der Waals surface area contributed by atoms with Gasteiger partial charge in [0.1, 0.15) is 0 Å². The molecule has 2 heteroatoms. The standard InChI is InChI=1S/C8H19NO.C2H6/c1-4-9(5-2)7-6-8-10-3;1-2/h4-8H2,1-3H3;1-2H3. The topological polar surface area (TPSA) is 12.5 Å². The molecule has 0 unspecified atom stereocenters. The maximum absolute atomic E-state index is 4.95. The van der Waals surface area contributed by atoms with Crippen molar-refractivity contribution in [1.29, 1.82) is 0 Å². The fourth-order valence-electron chi connectivity index (χ4n) is 0.972. The average molecular weight is 175 g/mol. The van der Waals surface area contributed by atoms with Gasteiger partial charge >= 0.3 is 0 Å². The van der Waals surface area contributed by atoms with E-state index in [1.807, 2.05) is 13.8 Å². The van der Waals surface area contributed by atoms with Crippen LogP contribution in [0.5, 0.6) is 0 Å². The molecule has 0 amide bonds. The number of nitrogens with zero attached hydrogens (tertiary/aromatic N) is 1. The number of hydrogen-bond acceptors (Lipinski definition) is 2. The van der Waals surface area contributed by atoms with Gasteiger partial charge in [0.05, 0.1) is 0 Å². The van der Waals surface area contributed by atoms with Gasteiger partial charge in [-0.05, 0) is 19.5 Å². The summed E-state index contributed by atoms with van der Waals surface area (Å²) in [5.74, 6) is 0. The molecule has 0 aliphatic rings. The van der Waals surface area contributed by atoms with E-state index in [9.17, 15) is 0 Å². The van der Waals surface area contributed by atoms with Gasteiger partial charge in [-0.2, -0.15) is 0 Å². The van der Waals surface area contributed by atoms with Crippen LogP contribution >= 0.6 is 0 Å². The van der Waals surface area contributed by atoms with Crippen LogP contribution in [-0.2, 0) is 4.74 Å². The van der Waals surface area contributed by atoms with Crippen molar-refractivity contribution in [2.75, 3.05) is 33.4 Å². The molecule has 0 atom stereocenters. The molecule has 0 bridgehead atoms. The van der Waals surface area contributed by atoms with Gasteiger partial charge in [-0.15, -0.1) is 0 Å². The van der Waals surface area contributed by atoms with Crippen molar-refractivity contribution in [2.24, 2.45) is 0 Å². The quantitative estimate of drug-likeness (QED) is 0.575. The Kier molecular flexibility index (Phi) is 16.3. The first-order valence-electron chi connectivity index (χ1n) is 5.06. The van der Waals surface area contributed by atoms with Crippen molar-refractivity contribution in [2.45, 2.75) is 34.1 Å². The molecule has 76 valence electrons. The number of rotatable bonds is 6. The minimum Gasteiger partial charge on any atom is -0.385 e. The van der Waals surface area contributed by atoms with E-state index in [0.29, 0.717) is 0 Å². The van der Waals surface area contributed by atoms with E-state index in [2.05, 4.69) is 18.7 Å². The molecule has 0 aromatic carbocycles. The second kappa shape index (κ2) is 13.5. The molecule has 0 saturated carbocycles. The maximum atomic E-state index is 4.95. The highest BCUT2D eigenvalue weighted by atomic mass is 16.5. The Balaban J connectivity index is 0. The largest absolute Gasteiger partial charge is 0.385 e. The predicted molar refractivity (Wildman–Crippen MR) is 55.6 cm³/mol. The van der Waals surface area contributed by atoms with Gasteiger partial charge in [0.2, 0.25) is 0 Å². The van der Waals surface area contributed by atoms with Crippen molar-refractivity contribution in [3.8, 4) is 0 Å². The van der Waals surface area contributed by atoms with Crippen LogP contribution in [0.2, 0.25) is 0 Å². The summed E-state index contributed by atoms with van der Waals surface area (Å²) in [6.45, 7) is 12.7. The fraction of sp³-hybridized carbons (Fsp3) is 1.00. The van der Waals surface area contributed by atoms with Crippen molar-refractivity contribution >= 4 is 0 Å². The zero-order valence-electron chi connectivity index (χ0n) is 9.39. The smallest absolute Gasteiger partial charge is 0.0474 e. The van der Waals surface area contributed by atoms with Crippen LogP contribution in [0.3, 0.4) is 0 Å². The summed E-state index contributed by atoms with van der Waals surface area (Å²) in [6, 6.07) is 0. The lowest BCUT2D eigenvalue weighted by molar-refractivity contribution is 0.175. The molecule has 0 saturated heterocycles. The van der Waals surface area contributed by atoms with Gasteiger partial charge in [-0.1, -0.05) is 27.7 Å². The Morgan fingerprint density at radius 3 is 1.92 bits per heavy atom. The molecular formula is C10H25NO. The van der Waals surface area contributed by atoms with Crippen molar-refractivity contribution in [1.82, 2.24) is 4.90 Å². The highest BCUT2D eigenvalue weighted by Crippen LogP contribution is 1.89. The summed E-state index contributed by atoms with van der Waals surface area (Å²) in [7, 11) is 1.75. The lowest BCUT2D eigenvalue weighted by Gasteiger charge is -2.16. The molecule has 0 aromatic rings. The molecule has 0 aromatic heterocycles.